The molecule has 0 fully saturated rings. The van der Waals surface area contributed by atoms with Gasteiger partial charge in [-0.2, -0.15) is 4.98 Å². The Morgan fingerprint density at radius 2 is 1.90 bits per heavy atom. The monoisotopic (exact) mass is 281 g/mol. The standard InChI is InChI=1S/C14H17F2N3O/c1-3-12(8(2)17)14-18-13(19-20-14)6-9-4-10(15)7-11(16)5-9/h4-5,7-8,12H,3,6,17H2,1-2H3. The number of hydrogen-bond acceptors (Lipinski definition) is 4. The normalized spacial score (nSPS) is 14.2. The van der Waals surface area contributed by atoms with Gasteiger partial charge in [-0.25, -0.2) is 8.78 Å². The zero-order valence-corrected chi connectivity index (χ0v) is 11.4. The van der Waals surface area contributed by atoms with Crippen molar-refractivity contribution in [3.8, 4) is 0 Å². The van der Waals surface area contributed by atoms with E-state index in [1.54, 1.807) is 0 Å². The van der Waals surface area contributed by atoms with E-state index in [-0.39, 0.29) is 18.4 Å². The third kappa shape index (κ3) is 3.39. The lowest BCUT2D eigenvalue weighted by Gasteiger charge is -2.13. The minimum atomic E-state index is -0.620. The molecule has 2 rings (SSSR count). The topological polar surface area (TPSA) is 64.9 Å². The van der Waals surface area contributed by atoms with Crippen LogP contribution in [0.15, 0.2) is 22.7 Å². The molecule has 0 radical (unpaired) electrons. The first kappa shape index (κ1) is 14.6. The summed E-state index contributed by atoms with van der Waals surface area (Å²) in [4.78, 5) is 4.25. The van der Waals surface area contributed by atoms with Crippen molar-refractivity contribution in [2.75, 3.05) is 0 Å². The molecule has 0 aliphatic heterocycles. The van der Waals surface area contributed by atoms with Crippen molar-refractivity contribution in [2.24, 2.45) is 5.73 Å². The average Bonchev–Trinajstić information content (AvgIpc) is 2.76. The van der Waals surface area contributed by atoms with Crippen molar-refractivity contribution < 1.29 is 13.3 Å². The first-order valence-electron chi connectivity index (χ1n) is 6.52. The van der Waals surface area contributed by atoms with Gasteiger partial charge in [0.25, 0.3) is 0 Å². The maximum absolute atomic E-state index is 13.1. The summed E-state index contributed by atoms with van der Waals surface area (Å²) < 4.78 is 31.4. The van der Waals surface area contributed by atoms with Crippen LogP contribution in [0.1, 0.15) is 43.5 Å². The molecule has 2 aromatic rings. The molecule has 6 heteroatoms. The van der Waals surface area contributed by atoms with Crippen LogP contribution in [-0.2, 0) is 6.42 Å². The van der Waals surface area contributed by atoms with Gasteiger partial charge >= 0.3 is 0 Å². The van der Waals surface area contributed by atoms with Gasteiger partial charge in [0.15, 0.2) is 5.82 Å². The van der Waals surface area contributed by atoms with Crippen molar-refractivity contribution in [2.45, 2.75) is 38.6 Å². The number of nitrogens with two attached hydrogens (primary N) is 1. The molecular formula is C14H17F2N3O. The highest BCUT2D eigenvalue weighted by molar-refractivity contribution is 5.21. The summed E-state index contributed by atoms with van der Waals surface area (Å²) in [6.45, 7) is 3.86. The molecule has 4 nitrogen and oxygen atoms in total. The first-order chi connectivity index (χ1) is 9.49. The van der Waals surface area contributed by atoms with Crippen molar-refractivity contribution in [1.82, 2.24) is 10.1 Å². The second-order valence-electron chi connectivity index (χ2n) is 4.88. The van der Waals surface area contributed by atoms with Gasteiger partial charge in [-0.3, -0.25) is 0 Å². The number of halogens is 2. The van der Waals surface area contributed by atoms with E-state index in [0.717, 1.165) is 12.5 Å². The van der Waals surface area contributed by atoms with Gasteiger partial charge in [0.2, 0.25) is 5.89 Å². The van der Waals surface area contributed by atoms with Crippen molar-refractivity contribution in [3.05, 3.63) is 47.1 Å². The van der Waals surface area contributed by atoms with E-state index in [9.17, 15) is 8.78 Å². The number of aromatic nitrogens is 2. The van der Waals surface area contributed by atoms with Crippen LogP contribution in [0.3, 0.4) is 0 Å². The van der Waals surface area contributed by atoms with Crippen LogP contribution in [0.4, 0.5) is 8.78 Å². The molecule has 0 amide bonds. The fourth-order valence-corrected chi connectivity index (χ4v) is 2.16. The van der Waals surface area contributed by atoms with Crippen molar-refractivity contribution in [3.63, 3.8) is 0 Å². The lowest BCUT2D eigenvalue weighted by Crippen LogP contribution is -2.24. The molecule has 2 N–H and O–H groups in total. The highest BCUT2D eigenvalue weighted by Crippen LogP contribution is 2.21. The fourth-order valence-electron chi connectivity index (χ4n) is 2.16. The Labute approximate surface area is 116 Å². The quantitative estimate of drug-likeness (QED) is 0.915. The van der Waals surface area contributed by atoms with Gasteiger partial charge in [-0.05, 0) is 31.0 Å². The molecule has 0 saturated heterocycles. The summed E-state index contributed by atoms with van der Waals surface area (Å²) in [5.41, 5.74) is 6.32. The summed E-state index contributed by atoms with van der Waals surface area (Å²) in [7, 11) is 0. The summed E-state index contributed by atoms with van der Waals surface area (Å²) in [5, 5.41) is 3.84. The second-order valence-corrected chi connectivity index (χ2v) is 4.88. The highest BCUT2D eigenvalue weighted by Gasteiger charge is 2.21. The van der Waals surface area contributed by atoms with Gasteiger partial charge in [-0.1, -0.05) is 12.1 Å². The Bertz CT molecular complexity index is 563. The second kappa shape index (κ2) is 6.09. The first-order valence-corrected chi connectivity index (χ1v) is 6.52. The summed E-state index contributed by atoms with van der Waals surface area (Å²) in [5.74, 6) is -0.393. The van der Waals surface area contributed by atoms with E-state index >= 15 is 0 Å². The Kier molecular flexibility index (Phi) is 4.44. The van der Waals surface area contributed by atoms with Gasteiger partial charge in [0.1, 0.15) is 11.6 Å². The van der Waals surface area contributed by atoms with E-state index in [1.807, 2.05) is 13.8 Å². The third-order valence-electron chi connectivity index (χ3n) is 3.16. The smallest absolute Gasteiger partial charge is 0.231 e. The van der Waals surface area contributed by atoms with Crippen LogP contribution < -0.4 is 5.73 Å². The molecule has 0 aliphatic rings. The molecule has 2 unspecified atom stereocenters. The van der Waals surface area contributed by atoms with Crippen LogP contribution in [0.2, 0.25) is 0 Å². The van der Waals surface area contributed by atoms with Crippen LogP contribution in [0.5, 0.6) is 0 Å². The molecule has 1 aromatic carbocycles. The molecule has 2 atom stereocenters. The van der Waals surface area contributed by atoms with Gasteiger partial charge in [0, 0.05) is 18.5 Å². The summed E-state index contributed by atoms with van der Waals surface area (Å²) >= 11 is 0. The molecule has 0 aliphatic carbocycles. The minimum Gasteiger partial charge on any atom is -0.339 e. The Morgan fingerprint density at radius 1 is 1.25 bits per heavy atom. The molecular weight excluding hydrogens is 264 g/mol. The van der Waals surface area contributed by atoms with Crippen LogP contribution in [-0.4, -0.2) is 16.2 Å². The Hall–Kier alpha value is -1.82. The van der Waals surface area contributed by atoms with Crippen molar-refractivity contribution >= 4 is 0 Å². The average molecular weight is 281 g/mol. The lowest BCUT2D eigenvalue weighted by molar-refractivity contribution is 0.331. The molecule has 0 saturated carbocycles. The SMILES string of the molecule is CCC(c1nc(Cc2cc(F)cc(F)c2)no1)C(C)N. The predicted octanol–water partition coefficient (Wildman–Crippen LogP) is 2.78. The lowest BCUT2D eigenvalue weighted by atomic mass is 9.99. The van der Waals surface area contributed by atoms with Gasteiger partial charge < -0.3 is 10.3 Å². The minimum absolute atomic E-state index is 0.0134. The van der Waals surface area contributed by atoms with E-state index in [2.05, 4.69) is 10.1 Å². The van der Waals surface area contributed by atoms with Gasteiger partial charge in [0.05, 0.1) is 5.92 Å². The molecule has 1 heterocycles. The van der Waals surface area contributed by atoms with Crippen LogP contribution in [0, 0.1) is 11.6 Å². The molecule has 1 aromatic heterocycles. The van der Waals surface area contributed by atoms with E-state index in [4.69, 9.17) is 10.3 Å². The molecule has 0 bridgehead atoms. The van der Waals surface area contributed by atoms with Crippen LogP contribution in [0.25, 0.3) is 0 Å². The molecule has 20 heavy (non-hydrogen) atoms. The number of hydrogen-bond donors (Lipinski definition) is 1. The zero-order chi connectivity index (χ0) is 14.7. The maximum atomic E-state index is 13.1. The van der Waals surface area contributed by atoms with Crippen molar-refractivity contribution in [1.29, 1.82) is 0 Å². The molecule has 0 spiro atoms. The van der Waals surface area contributed by atoms with E-state index in [0.29, 0.717) is 17.3 Å². The highest BCUT2D eigenvalue weighted by atomic mass is 19.1. The third-order valence-corrected chi connectivity index (χ3v) is 3.16. The molecule has 108 valence electrons. The number of nitrogens with zero attached hydrogens (tertiary/aromatic N) is 2. The van der Waals surface area contributed by atoms with Gasteiger partial charge in [-0.15, -0.1) is 0 Å². The summed E-state index contributed by atoms with van der Waals surface area (Å²) in [6, 6.07) is 3.23. The fraction of sp³-hybridized carbons (Fsp3) is 0.429. The summed E-state index contributed by atoms with van der Waals surface area (Å²) in [6.07, 6.45) is 1.00. The van der Waals surface area contributed by atoms with E-state index < -0.39 is 11.6 Å². The Morgan fingerprint density at radius 3 is 2.45 bits per heavy atom. The number of rotatable bonds is 5. The maximum Gasteiger partial charge on any atom is 0.231 e. The Balaban J connectivity index is 2.17. The zero-order valence-electron chi connectivity index (χ0n) is 11.4. The number of benzene rings is 1. The largest absolute Gasteiger partial charge is 0.339 e. The van der Waals surface area contributed by atoms with E-state index in [1.165, 1.54) is 12.1 Å². The van der Waals surface area contributed by atoms with Crippen LogP contribution >= 0.6 is 0 Å². The predicted molar refractivity (Wildman–Crippen MR) is 70.1 cm³/mol.